The van der Waals surface area contributed by atoms with Crippen molar-refractivity contribution < 1.29 is 18.1 Å². The van der Waals surface area contributed by atoms with E-state index in [0.717, 1.165) is 29.1 Å². The highest BCUT2D eigenvalue weighted by Gasteiger charge is 2.33. The molecule has 146 valence electrons. The summed E-state index contributed by atoms with van der Waals surface area (Å²) in [5.41, 5.74) is 0.239. The van der Waals surface area contributed by atoms with Gasteiger partial charge in [0.2, 0.25) is 0 Å². The average Bonchev–Trinajstić information content (AvgIpc) is 3.04. The molecule has 0 unspecified atom stereocenters. The molecule has 1 N–H and O–H groups in total. The zero-order chi connectivity index (χ0) is 20.3. The molecule has 0 bridgehead atoms. The van der Waals surface area contributed by atoms with Gasteiger partial charge in [0, 0.05) is 31.5 Å². The van der Waals surface area contributed by atoms with Crippen LogP contribution in [0.25, 0.3) is 0 Å². The van der Waals surface area contributed by atoms with Crippen molar-refractivity contribution in [2.75, 3.05) is 5.32 Å². The van der Waals surface area contributed by atoms with Crippen molar-refractivity contribution in [1.29, 1.82) is 0 Å². The zero-order valence-electron chi connectivity index (χ0n) is 14.9. The fourth-order valence-electron chi connectivity index (χ4n) is 2.81. The smallest absolute Gasteiger partial charge is 0.375 e. The van der Waals surface area contributed by atoms with Crippen molar-refractivity contribution in [3.63, 3.8) is 0 Å². The van der Waals surface area contributed by atoms with Crippen LogP contribution in [0.15, 0.2) is 54.9 Å². The van der Waals surface area contributed by atoms with Crippen LogP contribution in [-0.2, 0) is 19.3 Å². The second-order valence-corrected chi connectivity index (χ2v) is 6.26. The van der Waals surface area contributed by atoms with Crippen LogP contribution < -0.4 is 5.32 Å². The van der Waals surface area contributed by atoms with E-state index in [1.165, 1.54) is 0 Å². The highest BCUT2D eigenvalue weighted by molar-refractivity contribution is 5.63. The summed E-state index contributed by atoms with van der Waals surface area (Å²) in [5, 5.41) is 14.0. The van der Waals surface area contributed by atoms with Gasteiger partial charge in [-0.3, -0.25) is 10.1 Å². The van der Waals surface area contributed by atoms with Crippen LogP contribution >= 0.6 is 0 Å². The predicted octanol–water partition coefficient (Wildman–Crippen LogP) is 4.78. The number of nitrogens with one attached hydrogen (secondary N) is 1. The molecule has 0 saturated carbocycles. The Bertz CT molecular complexity index is 999. The van der Waals surface area contributed by atoms with Gasteiger partial charge >= 0.3 is 6.18 Å². The number of aromatic nitrogens is 2. The molecule has 0 aliphatic rings. The summed E-state index contributed by atoms with van der Waals surface area (Å²) in [7, 11) is 0. The Labute approximate surface area is 158 Å². The van der Waals surface area contributed by atoms with E-state index in [1.807, 2.05) is 42.0 Å². The highest BCUT2D eigenvalue weighted by Crippen LogP contribution is 2.35. The number of hydrogen-bond acceptors (Lipinski definition) is 4. The molecule has 2 aromatic carbocycles. The highest BCUT2D eigenvalue weighted by atomic mass is 19.4. The van der Waals surface area contributed by atoms with Crippen molar-refractivity contribution >= 4 is 11.4 Å². The fourth-order valence-corrected chi connectivity index (χ4v) is 2.81. The number of rotatable bonds is 6. The molecule has 1 aromatic heterocycles. The van der Waals surface area contributed by atoms with Gasteiger partial charge in [-0.25, -0.2) is 4.98 Å². The maximum atomic E-state index is 12.8. The zero-order valence-corrected chi connectivity index (χ0v) is 14.9. The molecule has 0 spiro atoms. The van der Waals surface area contributed by atoms with Crippen molar-refractivity contribution in [3.8, 4) is 0 Å². The molecule has 3 aromatic rings. The molecule has 9 heteroatoms. The number of alkyl halides is 3. The van der Waals surface area contributed by atoms with Crippen molar-refractivity contribution in [2.24, 2.45) is 0 Å². The molecule has 0 aliphatic heterocycles. The van der Waals surface area contributed by atoms with E-state index in [1.54, 1.807) is 6.20 Å². The van der Waals surface area contributed by atoms with Crippen molar-refractivity contribution in [1.82, 2.24) is 9.55 Å². The second kappa shape index (κ2) is 7.71. The van der Waals surface area contributed by atoms with Gasteiger partial charge in [-0.1, -0.05) is 24.3 Å². The van der Waals surface area contributed by atoms with Gasteiger partial charge in [-0.2, -0.15) is 13.2 Å². The molecule has 3 rings (SSSR count). The average molecular weight is 390 g/mol. The number of aryl methyl sites for hydroxylation is 1. The lowest BCUT2D eigenvalue weighted by Crippen LogP contribution is -2.08. The van der Waals surface area contributed by atoms with Gasteiger partial charge in [-0.05, 0) is 30.2 Å². The van der Waals surface area contributed by atoms with Crippen LogP contribution in [-0.4, -0.2) is 14.5 Å². The Hall–Kier alpha value is -3.36. The minimum atomic E-state index is -4.64. The Kier molecular flexibility index (Phi) is 5.34. The number of hydrogen-bond donors (Lipinski definition) is 1. The van der Waals surface area contributed by atoms with E-state index >= 15 is 0 Å². The number of anilines is 1. The van der Waals surface area contributed by atoms with E-state index in [0.29, 0.717) is 12.6 Å². The van der Waals surface area contributed by atoms with Gasteiger partial charge < -0.3 is 9.88 Å². The molecule has 1 heterocycles. The van der Waals surface area contributed by atoms with Crippen LogP contribution in [0.5, 0.6) is 0 Å². The molecular weight excluding hydrogens is 373 g/mol. The number of nitro groups is 1. The second-order valence-electron chi connectivity index (χ2n) is 6.26. The molecule has 6 nitrogen and oxygen atoms in total. The van der Waals surface area contributed by atoms with E-state index in [2.05, 4.69) is 10.3 Å². The topological polar surface area (TPSA) is 73.0 Å². The Morgan fingerprint density at radius 1 is 1.18 bits per heavy atom. The van der Waals surface area contributed by atoms with E-state index in [-0.39, 0.29) is 12.2 Å². The lowest BCUT2D eigenvalue weighted by molar-refractivity contribution is -0.384. The predicted molar refractivity (Wildman–Crippen MR) is 97.9 cm³/mol. The van der Waals surface area contributed by atoms with Crippen LogP contribution in [0.4, 0.5) is 24.5 Å². The summed E-state index contributed by atoms with van der Waals surface area (Å²) in [4.78, 5) is 14.5. The SMILES string of the molecule is Cc1nccn1Cc1cccc(CNc2ccc(C(F)(F)F)cc2[N+](=O)[O-])c1. The minimum absolute atomic E-state index is 0.0360. The summed E-state index contributed by atoms with van der Waals surface area (Å²) in [6.07, 6.45) is -1.06. The van der Waals surface area contributed by atoms with Crippen molar-refractivity contribution in [3.05, 3.63) is 87.5 Å². The molecule has 0 fully saturated rings. The monoisotopic (exact) mass is 390 g/mol. The molecule has 0 radical (unpaired) electrons. The van der Waals surface area contributed by atoms with Gasteiger partial charge in [0.05, 0.1) is 10.5 Å². The van der Waals surface area contributed by atoms with Crippen LogP contribution in [0, 0.1) is 17.0 Å². The third-order valence-electron chi connectivity index (χ3n) is 4.27. The van der Waals surface area contributed by atoms with Crippen LogP contribution in [0.3, 0.4) is 0 Å². The van der Waals surface area contributed by atoms with E-state index in [4.69, 9.17) is 0 Å². The molecule has 0 saturated heterocycles. The first-order valence-corrected chi connectivity index (χ1v) is 8.39. The molecular formula is C19H17F3N4O2. The summed E-state index contributed by atoms with van der Waals surface area (Å²) in [5.74, 6) is 0.879. The number of nitro benzene ring substituents is 1. The molecule has 0 atom stereocenters. The maximum Gasteiger partial charge on any atom is 0.416 e. The fraction of sp³-hybridized carbons (Fsp3) is 0.211. The Morgan fingerprint density at radius 2 is 1.93 bits per heavy atom. The summed E-state index contributed by atoms with van der Waals surface area (Å²) < 4.78 is 40.4. The number of benzene rings is 2. The third kappa shape index (κ3) is 4.48. The Morgan fingerprint density at radius 3 is 2.57 bits per heavy atom. The van der Waals surface area contributed by atoms with Gasteiger partial charge in [0.25, 0.3) is 5.69 Å². The summed E-state index contributed by atoms with van der Waals surface area (Å²) in [6.45, 7) is 2.76. The first-order valence-electron chi connectivity index (χ1n) is 8.39. The molecule has 0 amide bonds. The lowest BCUT2D eigenvalue weighted by Gasteiger charge is -2.12. The minimum Gasteiger partial charge on any atom is -0.375 e. The Balaban J connectivity index is 1.76. The molecule has 28 heavy (non-hydrogen) atoms. The number of nitrogens with zero attached hydrogens (tertiary/aromatic N) is 3. The van der Waals surface area contributed by atoms with Crippen molar-refractivity contribution in [2.45, 2.75) is 26.2 Å². The van der Waals surface area contributed by atoms with Gasteiger partial charge in [-0.15, -0.1) is 0 Å². The molecule has 0 aliphatic carbocycles. The van der Waals surface area contributed by atoms with Crippen LogP contribution in [0.1, 0.15) is 22.5 Å². The number of imidazole rings is 1. The van der Waals surface area contributed by atoms with Crippen LogP contribution in [0.2, 0.25) is 0 Å². The summed E-state index contributed by atoms with van der Waals surface area (Å²) >= 11 is 0. The normalized spacial score (nSPS) is 11.4. The first kappa shape index (κ1) is 19.4. The lowest BCUT2D eigenvalue weighted by atomic mass is 10.1. The van der Waals surface area contributed by atoms with Gasteiger partial charge in [0.15, 0.2) is 0 Å². The first-order chi connectivity index (χ1) is 13.2. The maximum absolute atomic E-state index is 12.8. The van der Waals surface area contributed by atoms with E-state index < -0.39 is 22.4 Å². The number of halogens is 3. The van der Waals surface area contributed by atoms with E-state index in [9.17, 15) is 23.3 Å². The standard InChI is InChI=1S/C19H17F3N4O2/c1-13-23-7-8-25(13)12-15-4-2-3-14(9-15)11-24-17-6-5-16(19(20,21)22)10-18(17)26(27)28/h2-10,24H,11-12H2,1H3. The van der Waals surface area contributed by atoms with Gasteiger partial charge in [0.1, 0.15) is 11.5 Å². The third-order valence-corrected chi connectivity index (χ3v) is 4.27. The quantitative estimate of drug-likeness (QED) is 0.486. The summed E-state index contributed by atoms with van der Waals surface area (Å²) in [6, 6.07) is 10.0. The largest absolute Gasteiger partial charge is 0.416 e.